The highest BCUT2D eigenvalue weighted by Crippen LogP contribution is 2.29. The Balaban J connectivity index is 1.46. The highest BCUT2D eigenvalue weighted by molar-refractivity contribution is 4.99. The fourth-order valence-corrected chi connectivity index (χ4v) is 3.76. The highest BCUT2D eigenvalue weighted by Gasteiger charge is 2.26. The van der Waals surface area contributed by atoms with E-state index in [9.17, 15) is 0 Å². The van der Waals surface area contributed by atoms with Crippen molar-refractivity contribution >= 4 is 0 Å². The summed E-state index contributed by atoms with van der Waals surface area (Å²) in [6.07, 6.45) is 14.7. The molecule has 21 heavy (non-hydrogen) atoms. The van der Waals surface area contributed by atoms with Crippen LogP contribution >= 0.6 is 0 Å². The maximum absolute atomic E-state index is 6.48. The fraction of sp³-hybridized carbons (Fsp3) is 0.824. The average molecular weight is 291 g/mol. The summed E-state index contributed by atoms with van der Waals surface area (Å²) >= 11 is 0. The molecule has 2 aliphatic rings. The summed E-state index contributed by atoms with van der Waals surface area (Å²) in [4.78, 5) is 0. The summed E-state index contributed by atoms with van der Waals surface area (Å²) in [6, 6.07) is 2.70. The number of nitrogens with two attached hydrogens (primary N) is 1. The van der Waals surface area contributed by atoms with E-state index in [0.717, 1.165) is 18.5 Å². The molecule has 4 heteroatoms. The minimum atomic E-state index is -0.107. The number of ether oxygens (including phenoxy) is 1. The Bertz CT molecular complexity index is 429. The first-order chi connectivity index (χ1) is 10.3. The van der Waals surface area contributed by atoms with E-state index in [4.69, 9.17) is 10.5 Å². The molecule has 0 saturated heterocycles. The molecule has 1 heterocycles. The molecular formula is C17H29N3O. The third kappa shape index (κ3) is 4.07. The van der Waals surface area contributed by atoms with Crippen LogP contribution in [0.4, 0.5) is 0 Å². The van der Waals surface area contributed by atoms with Crippen molar-refractivity contribution in [2.75, 3.05) is 6.61 Å². The van der Waals surface area contributed by atoms with Crippen LogP contribution in [0.5, 0.6) is 0 Å². The van der Waals surface area contributed by atoms with Crippen LogP contribution in [0.2, 0.25) is 0 Å². The SMILES string of the molecule is NC1(COCc2ccn(C3CCCC3)n2)CCCCCC1. The third-order valence-electron chi connectivity index (χ3n) is 5.10. The van der Waals surface area contributed by atoms with Gasteiger partial charge >= 0.3 is 0 Å². The molecule has 0 unspecified atom stereocenters. The van der Waals surface area contributed by atoms with Crippen molar-refractivity contribution in [1.82, 2.24) is 9.78 Å². The average Bonchev–Trinajstić information content (AvgIpc) is 3.10. The fourth-order valence-electron chi connectivity index (χ4n) is 3.76. The molecule has 0 aliphatic heterocycles. The molecule has 4 nitrogen and oxygen atoms in total. The van der Waals surface area contributed by atoms with Gasteiger partial charge in [0.2, 0.25) is 0 Å². The zero-order valence-electron chi connectivity index (χ0n) is 13.1. The first-order valence-corrected chi connectivity index (χ1v) is 8.66. The molecule has 2 N–H and O–H groups in total. The minimum Gasteiger partial charge on any atom is -0.373 e. The molecule has 0 amide bonds. The van der Waals surface area contributed by atoms with E-state index >= 15 is 0 Å². The van der Waals surface area contributed by atoms with E-state index in [-0.39, 0.29) is 5.54 Å². The molecule has 2 saturated carbocycles. The number of nitrogens with zero attached hydrogens (tertiary/aromatic N) is 2. The van der Waals surface area contributed by atoms with Gasteiger partial charge < -0.3 is 10.5 Å². The minimum absolute atomic E-state index is 0.107. The second kappa shape index (κ2) is 6.93. The lowest BCUT2D eigenvalue weighted by atomic mass is 9.93. The zero-order valence-corrected chi connectivity index (χ0v) is 13.1. The second-order valence-corrected chi connectivity index (χ2v) is 6.99. The van der Waals surface area contributed by atoms with Gasteiger partial charge in [-0.1, -0.05) is 38.5 Å². The van der Waals surface area contributed by atoms with Crippen LogP contribution in [0.25, 0.3) is 0 Å². The van der Waals surface area contributed by atoms with E-state index in [0.29, 0.717) is 19.3 Å². The summed E-state index contributed by atoms with van der Waals surface area (Å²) in [5, 5.41) is 4.67. The molecule has 0 aromatic carbocycles. The summed E-state index contributed by atoms with van der Waals surface area (Å²) < 4.78 is 8.03. The normalized spacial score (nSPS) is 23.3. The van der Waals surface area contributed by atoms with Gasteiger partial charge in [-0.25, -0.2) is 0 Å². The van der Waals surface area contributed by atoms with Crippen molar-refractivity contribution < 1.29 is 4.74 Å². The Hall–Kier alpha value is -0.870. The molecule has 2 fully saturated rings. The molecule has 0 spiro atoms. The maximum Gasteiger partial charge on any atom is 0.0907 e. The molecule has 0 bridgehead atoms. The van der Waals surface area contributed by atoms with Gasteiger partial charge in [0.1, 0.15) is 0 Å². The Labute approximate surface area is 128 Å². The molecule has 0 atom stereocenters. The molecule has 2 aliphatic carbocycles. The van der Waals surface area contributed by atoms with Crippen molar-refractivity contribution in [1.29, 1.82) is 0 Å². The first kappa shape index (κ1) is 15.0. The molecule has 1 aromatic rings. The Kier molecular flexibility index (Phi) is 4.96. The van der Waals surface area contributed by atoms with Crippen molar-refractivity contribution in [2.45, 2.75) is 82.4 Å². The van der Waals surface area contributed by atoms with Gasteiger partial charge in [0, 0.05) is 11.7 Å². The third-order valence-corrected chi connectivity index (χ3v) is 5.10. The predicted octanol–water partition coefficient (Wildman–Crippen LogP) is 3.57. The van der Waals surface area contributed by atoms with E-state index in [1.54, 1.807) is 0 Å². The molecule has 1 aromatic heterocycles. The van der Waals surface area contributed by atoms with Crippen LogP contribution in [0, 0.1) is 0 Å². The maximum atomic E-state index is 6.48. The van der Waals surface area contributed by atoms with Gasteiger partial charge in [-0.2, -0.15) is 5.10 Å². The van der Waals surface area contributed by atoms with Crippen molar-refractivity contribution in [2.24, 2.45) is 5.73 Å². The van der Waals surface area contributed by atoms with Crippen LogP contribution in [-0.2, 0) is 11.3 Å². The Morgan fingerprint density at radius 2 is 1.86 bits per heavy atom. The monoisotopic (exact) mass is 291 g/mol. The number of hydrogen-bond donors (Lipinski definition) is 1. The quantitative estimate of drug-likeness (QED) is 0.844. The Morgan fingerprint density at radius 3 is 2.57 bits per heavy atom. The summed E-state index contributed by atoms with van der Waals surface area (Å²) in [5.74, 6) is 0. The van der Waals surface area contributed by atoms with Gasteiger partial charge in [0.15, 0.2) is 0 Å². The summed E-state index contributed by atoms with van der Waals surface area (Å²) in [5.41, 5.74) is 7.41. The van der Waals surface area contributed by atoms with Crippen LogP contribution in [0.15, 0.2) is 12.3 Å². The highest BCUT2D eigenvalue weighted by atomic mass is 16.5. The van der Waals surface area contributed by atoms with Crippen LogP contribution in [0.3, 0.4) is 0 Å². The predicted molar refractivity (Wildman–Crippen MR) is 84.0 cm³/mol. The van der Waals surface area contributed by atoms with E-state index < -0.39 is 0 Å². The van der Waals surface area contributed by atoms with Crippen LogP contribution < -0.4 is 5.73 Å². The molecular weight excluding hydrogens is 262 g/mol. The van der Waals surface area contributed by atoms with Crippen LogP contribution in [0.1, 0.15) is 75.9 Å². The lowest BCUT2D eigenvalue weighted by Gasteiger charge is -2.27. The van der Waals surface area contributed by atoms with E-state index in [1.165, 1.54) is 51.4 Å². The number of rotatable bonds is 5. The standard InChI is InChI=1S/C17H29N3O/c18-17(10-5-1-2-6-11-17)14-21-13-15-9-12-20(19-15)16-7-3-4-8-16/h9,12,16H,1-8,10-11,13-14,18H2. The number of aromatic nitrogens is 2. The molecule has 3 rings (SSSR count). The Morgan fingerprint density at radius 1 is 1.14 bits per heavy atom. The molecule has 0 radical (unpaired) electrons. The van der Waals surface area contributed by atoms with Gasteiger partial charge in [0.05, 0.1) is 24.9 Å². The van der Waals surface area contributed by atoms with Crippen molar-refractivity contribution in [3.63, 3.8) is 0 Å². The second-order valence-electron chi connectivity index (χ2n) is 6.99. The van der Waals surface area contributed by atoms with E-state index in [1.807, 2.05) is 0 Å². The topological polar surface area (TPSA) is 53.1 Å². The van der Waals surface area contributed by atoms with Gasteiger partial charge in [0.25, 0.3) is 0 Å². The van der Waals surface area contributed by atoms with Gasteiger partial charge in [-0.15, -0.1) is 0 Å². The van der Waals surface area contributed by atoms with Crippen molar-refractivity contribution in [3.05, 3.63) is 18.0 Å². The van der Waals surface area contributed by atoms with E-state index in [2.05, 4.69) is 22.0 Å². The largest absolute Gasteiger partial charge is 0.373 e. The summed E-state index contributed by atoms with van der Waals surface area (Å²) in [6.45, 7) is 1.27. The van der Waals surface area contributed by atoms with Crippen molar-refractivity contribution in [3.8, 4) is 0 Å². The lowest BCUT2D eigenvalue weighted by molar-refractivity contribution is 0.0645. The number of hydrogen-bond acceptors (Lipinski definition) is 3. The zero-order chi connectivity index (χ0) is 14.5. The smallest absolute Gasteiger partial charge is 0.0907 e. The molecule has 118 valence electrons. The summed E-state index contributed by atoms with van der Waals surface area (Å²) in [7, 11) is 0. The van der Waals surface area contributed by atoms with Gasteiger partial charge in [-0.05, 0) is 31.7 Å². The van der Waals surface area contributed by atoms with Crippen LogP contribution in [-0.4, -0.2) is 21.9 Å². The lowest BCUT2D eigenvalue weighted by Crippen LogP contribution is -2.43. The van der Waals surface area contributed by atoms with Gasteiger partial charge in [-0.3, -0.25) is 4.68 Å². The first-order valence-electron chi connectivity index (χ1n) is 8.66.